The lowest BCUT2D eigenvalue weighted by Crippen LogP contribution is -2.15. The van der Waals surface area contributed by atoms with Crippen molar-refractivity contribution in [3.05, 3.63) is 52.1 Å². The summed E-state index contributed by atoms with van der Waals surface area (Å²) in [6, 6.07) is 8.92. The number of aromatic amines is 1. The average molecular weight is 389 g/mol. The van der Waals surface area contributed by atoms with Gasteiger partial charge in [-0.15, -0.1) is 0 Å². The van der Waals surface area contributed by atoms with Gasteiger partial charge in [0.15, 0.2) is 11.5 Å². The van der Waals surface area contributed by atoms with E-state index in [-0.39, 0.29) is 12.6 Å². The van der Waals surface area contributed by atoms with Crippen molar-refractivity contribution in [2.75, 3.05) is 13.2 Å². The van der Waals surface area contributed by atoms with Crippen molar-refractivity contribution in [3.63, 3.8) is 0 Å². The van der Waals surface area contributed by atoms with Crippen LogP contribution in [0, 0.1) is 0 Å². The fourth-order valence-electron chi connectivity index (χ4n) is 2.51. The number of benzene rings is 2. The largest absolute Gasteiger partial charge is 0.486 e. The van der Waals surface area contributed by atoms with Crippen LogP contribution < -0.4 is 9.47 Å². The van der Waals surface area contributed by atoms with Crippen molar-refractivity contribution < 1.29 is 19.0 Å². The minimum absolute atomic E-state index is 0.138. The van der Waals surface area contributed by atoms with Crippen LogP contribution in [0.5, 0.6) is 11.5 Å². The van der Waals surface area contributed by atoms with E-state index in [1.807, 2.05) is 12.1 Å². The van der Waals surface area contributed by atoms with E-state index in [2.05, 4.69) is 26.1 Å². The summed E-state index contributed by atoms with van der Waals surface area (Å²) in [7, 11) is 0. The van der Waals surface area contributed by atoms with Gasteiger partial charge in [0, 0.05) is 15.4 Å². The normalized spacial score (nSPS) is 13.0. The van der Waals surface area contributed by atoms with Crippen molar-refractivity contribution >= 4 is 32.8 Å². The van der Waals surface area contributed by atoms with Crippen molar-refractivity contribution in [3.8, 4) is 11.5 Å². The molecule has 1 aromatic heterocycles. The molecule has 0 atom stereocenters. The number of H-pyrrole nitrogens is 1. The van der Waals surface area contributed by atoms with Crippen molar-refractivity contribution in [2.24, 2.45) is 0 Å². The van der Waals surface area contributed by atoms with Gasteiger partial charge in [-0.05, 0) is 30.3 Å². The maximum Gasteiger partial charge on any atom is 0.338 e. The Balaban J connectivity index is 1.50. The number of ether oxygens (including phenoxy) is 3. The number of halogens is 1. The molecule has 0 spiro atoms. The number of fused-ring (bicyclic) bond motifs is 2. The molecule has 6 nitrogen and oxygen atoms in total. The quantitative estimate of drug-likeness (QED) is 0.695. The molecule has 0 bridgehead atoms. The minimum Gasteiger partial charge on any atom is -0.486 e. The molecule has 2 heterocycles. The van der Waals surface area contributed by atoms with Crippen LogP contribution in [0.2, 0.25) is 0 Å². The molecule has 0 aliphatic carbocycles. The first-order valence-corrected chi connectivity index (χ1v) is 8.18. The highest BCUT2D eigenvalue weighted by atomic mass is 79.9. The lowest BCUT2D eigenvalue weighted by Gasteiger charge is -2.19. The van der Waals surface area contributed by atoms with Crippen molar-refractivity contribution in [2.45, 2.75) is 6.61 Å². The Kier molecular flexibility index (Phi) is 3.86. The number of hydrogen-bond donors (Lipinski definition) is 1. The van der Waals surface area contributed by atoms with E-state index in [4.69, 9.17) is 14.2 Å². The zero-order valence-corrected chi connectivity index (χ0v) is 14.1. The molecular formula is C17H13BrN2O4. The van der Waals surface area contributed by atoms with Crippen LogP contribution in [0.3, 0.4) is 0 Å². The highest BCUT2D eigenvalue weighted by Crippen LogP contribution is 2.35. The molecule has 2 aromatic carbocycles. The predicted octanol–water partition coefficient (Wildman–Crippen LogP) is 3.45. The van der Waals surface area contributed by atoms with Crippen LogP contribution in [-0.4, -0.2) is 29.4 Å². The molecule has 3 aromatic rings. The third kappa shape index (κ3) is 2.82. The molecule has 0 amide bonds. The number of esters is 1. The second kappa shape index (κ2) is 6.16. The molecule has 1 aliphatic rings. The Morgan fingerprint density at radius 1 is 1.21 bits per heavy atom. The highest BCUT2D eigenvalue weighted by molar-refractivity contribution is 9.10. The second-order valence-electron chi connectivity index (χ2n) is 5.34. The van der Waals surface area contributed by atoms with Gasteiger partial charge >= 0.3 is 5.97 Å². The van der Waals surface area contributed by atoms with Gasteiger partial charge in [-0.25, -0.2) is 4.79 Å². The van der Waals surface area contributed by atoms with Crippen molar-refractivity contribution in [1.82, 2.24) is 10.2 Å². The lowest BCUT2D eigenvalue weighted by molar-refractivity contribution is 0.0471. The van der Waals surface area contributed by atoms with Crippen LogP contribution in [-0.2, 0) is 11.3 Å². The Bertz CT molecular complexity index is 922. The summed E-state index contributed by atoms with van der Waals surface area (Å²) < 4.78 is 17.3. The second-order valence-corrected chi connectivity index (χ2v) is 6.19. The number of nitrogens with one attached hydrogen (secondary N) is 1. The first-order chi connectivity index (χ1) is 11.7. The zero-order valence-electron chi connectivity index (χ0n) is 12.5. The molecular weight excluding hydrogens is 376 g/mol. The molecule has 1 aliphatic heterocycles. The topological polar surface area (TPSA) is 73.4 Å². The monoisotopic (exact) mass is 388 g/mol. The van der Waals surface area contributed by atoms with Crippen LogP contribution >= 0.6 is 15.9 Å². The first-order valence-electron chi connectivity index (χ1n) is 7.39. The Morgan fingerprint density at radius 2 is 2.00 bits per heavy atom. The fourth-order valence-corrected chi connectivity index (χ4v) is 2.95. The van der Waals surface area contributed by atoms with E-state index >= 15 is 0 Å². The average Bonchev–Trinajstić information content (AvgIpc) is 3.07. The molecule has 1 N–H and O–H groups in total. The molecule has 0 saturated heterocycles. The number of carbonyl (C=O) groups excluding carboxylic acids is 1. The molecule has 7 heteroatoms. The van der Waals surface area contributed by atoms with Gasteiger partial charge in [-0.3, -0.25) is 5.10 Å². The molecule has 0 fully saturated rings. The smallest absolute Gasteiger partial charge is 0.338 e. The highest BCUT2D eigenvalue weighted by Gasteiger charge is 2.16. The predicted molar refractivity (Wildman–Crippen MR) is 90.3 cm³/mol. The van der Waals surface area contributed by atoms with Gasteiger partial charge in [-0.2, -0.15) is 5.10 Å². The van der Waals surface area contributed by atoms with Crippen LogP contribution in [0.15, 0.2) is 41.0 Å². The summed E-state index contributed by atoms with van der Waals surface area (Å²) in [5.74, 6) is 0.962. The van der Waals surface area contributed by atoms with Gasteiger partial charge in [0.2, 0.25) is 0 Å². The molecule has 0 radical (unpaired) electrons. The summed E-state index contributed by atoms with van der Waals surface area (Å²) in [4.78, 5) is 12.3. The van der Waals surface area contributed by atoms with E-state index in [1.54, 1.807) is 24.4 Å². The van der Waals surface area contributed by atoms with Crippen LogP contribution in [0.1, 0.15) is 15.9 Å². The van der Waals surface area contributed by atoms with E-state index in [1.165, 1.54) is 0 Å². The maximum atomic E-state index is 12.3. The Labute approximate surface area is 145 Å². The molecule has 4 rings (SSSR count). The van der Waals surface area contributed by atoms with E-state index in [9.17, 15) is 4.79 Å². The zero-order chi connectivity index (χ0) is 16.5. The first kappa shape index (κ1) is 15.0. The number of rotatable bonds is 3. The van der Waals surface area contributed by atoms with E-state index in [0.29, 0.717) is 30.3 Å². The van der Waals surface area contributed by atoms with Gasteiger partial charge in [0.25, 0.3) is 0 Å². The number of hydrogen-bond acceptors (Lipinski definition) is 5. The van der Waals surface area contributed by atoms with E-state index in [0.717, 1.165) is 20.9 Å². The summed E-state index contributed by atoms with van der Waals surface area (Å²) in [5.41, 5.74) is 2.18. The molecule has 0 unspecified atom stereocenters. The summed E-state index contributed by atoms with van der Waals surface area (Å²) >= 11 is 3.47. The van der Waals surface area contributed by atoms with Gasteiger partial charge < -0.3 is 14.2 Å². The molecule has 122 valence electrons. The Hall–Kier alpha value is -2.54. The third-order valence-electron chi connectivity index (χ3n) is 3.75. The van der Waals surface area contributed by atoms with Crippen molar-refractivity contribution in [1.29, 1.82) is 0 Å². The van der Waals surface area contributed by atoms with Gasteiger partial charge in [-0.1, -0.05) is 15.9 Å². The van der Waals surface area contributed by atoms with Crippen LogP contribution in [0.4, 0.5) is 0 Å². The van der Waals surface area contributed by atoms with Gasteiger partial charge in [0.1, 0.15) is 19.8 Å². The molecule has 24 heavy (non-hydrogen) atoms. The fraction of sp³-hybridized carbons (Fsp3) is 0.176. The van der Waals surface area contributed by atoms with Crippen LogP contribution in [0.25, 0.3) is 10.9 Å². The third-order valence-corrected chi connectivity index (χ3v) is 4.48. The number of carbonyl (C=O) groups is 1. The number of nitrogens with zero attached hydrogens (tertiary/aromatic N) is 1. The number of aromatic nitrogens is 2. The minimum atomic E-state index is -0.389. The SMILES string of the molecule is O=C(OCc1cc2c(cc1Br)OCCO2)c1ccc2[nH]ncc2c1. The standard InChI is InChI=1S/C17H13BrN2O4/c18-13-7-16-15(22-3-4-23-16)6-12(13)9-24-17(21)10-1-2-14-11(5-10)8-19-20-14/h1-2,5-8H,3-4,9H2,(H,19,20). The van der Waals surface area contributed by atoms with Gasteiger partial charge in [0.05, 0.1) is 17.3 Å². The maximum absolute atomic E-state index is 12.3. The molecule has 0 saturated carbocycles. The van der Waals surface area contributed by atoms with E-state index < -0.39 is 0 Å². The Morgan fingerprint density at radius 3 is 2.83 bits per heavy atom. The lowest BCUT2D eigenvalue weighted by atomic mass is 10.1. The summed E-state index contributed by atoms with van der Waals surface area (Å²) in [6.07, 6.45) is 1.67. The summed E-state index contributed by atoms with van der Waals surface area (Å²) in [5, 5.41) is 7.65. The summed E-state index contributed by atoms with van der Waals surface area (Å²) in [6.45, 7) is 1.18.